The Labute approximate surface area is 122 Å². The van der Waals surface area contributed by atoms with Gasteiger partial charge in [0.1, 0.15) is 0 Å². The Morgan fingerprint density at radius 2 is 2.16 bits per heavy atom. The van der Waals surface area contributed by atoms with Gasteiger partial charge in [0.2, 0.25) is 0 Å². The number of pyridine rings is 1. The summed E-state index contributed by atoms with van der Waals surface area (Å²) in [6, 6.07) is 10.2. The molecule has 2 aromatic rings. The van der Waals surface area contributed by atoms with E-state index in [2.05, 4.69) is 38.4 Å². The van der Waals surface area contributed by atoms with Crippen molar-refractivity contribution in [3.63, 3.8) is 0 Å². The first-order chi connectivity index (χ1) is 9.31. The summed E-state index contributed by atoms with van der Waals surface area (Å²) in [5.41, 5.74) is 3.49. The van der Waals surface area contributed by atoms with Crippen LogP contribution in [0.15, 0.2) is 47.2 Å². The van der Waals surface area contributed by atoms with E-state index in [0.29, 0.717) is 6.61 Å². The highest BCUT2D eigenvalue weighted by molar-refractivity contribution is 9.10. The summed E-state index contributed by atoms with van der Waals surface area (Å²) in [4.78, 5) is 4.12. The normalized spacial score (nSPS) is 10.4. The van der Waals surface area contributed by atoms with Gasteiger partial charge in [0, 0.05) is 41.8 Å². The predicted molar refractivity (Wildman–Crippen MR) is 81.3 cm³/mol. The van der Waals surface area contributed by atoms with E-state index in [-0.39, 0.29) is 0 Å². The van der Waals surface area contributed by atoms with E-state index in [0.717, 1.165) is 28.7 Å². The number of anilines is 1. The fourth-order valence-corrected chi connectivity index (χ4v) is 2.38. The minimum absolute atomic E-state index is 0.594. The minimum atomic E-state index is 0.594. The van der Waals surface area contributed by atoms with Crippen LogP contribution in [0.5, 0.6) is 0 Å². The first-order valence-corrected chi connectivity index (χ1v) is 6.99. The van der Waals surface area contributed by atoms with Crippen LogP contribution in [0.1, 0.15) is 11.1 Å². The average Bonchev–Trinajstić information content (AvgIpc) is 2.44. The fraction of sp³-hybridized carbons (Fsp3) is 0.267. The van der Waals surface area contributed by atoms with Gasteiger partial charge in [-0.1, -0.05) is 28.1 Å². The van der Waals surface area contributed by atoms with Crippen LogP contribution in [0, 0.1) is 0 Å². The van der Waals surface area contributed by atoms with Crippen molar-refractivity contribution >= 4 is 21.6 Å². The zero-order valence-electron chi connectivity index (χ0n) is 10.9. The lowest BCUT2D eigenvalue weighted by molar-refractivity contribution is 0.185. The second-order valence-electron chi connectivity index (χ2n) is 4.24. The van der Waals surface area contributed by atoms with Crippen molar-refractivity contribution < 1.29 is 4.74 Å². The molecule has 0 radical (unpaired) electrons. The van der Waals surface area contributed by atoms with Crippen LogP contribution in [-0.2, 0) is 17.8 Å². The van der Waals surface area contributed by atoms with Crippen LogP contribution < -0.4 is 5.32 Å². The lowest BCUT2D eigenvalue weighted by atomic mass is 10.1. The standard InChI is InChI=1S/C15H17BrN2O/c1-19-11-13-14(16)5-2-6-15(13)18-9-7-12-4-3-8-17-10-12/h2-6,8,10,18H,7,9,11H2,1H3. The third-order valence-corrected chi connectivity index (χ3v) is 3.60. The molecule has 0 fully saturated rings. The number of rotatable bonds is 6. The Kier molecular flexibility index (Phi) is 5.36. The van der Waals surface area contributed by atoms with Gasteiger partial charge in [-0.05, 0) is 30.2 Å². The largest absolute Gasteiger partial charge is 0.384 e. The van der Waals surface area contributed by atoms with Crippen LogP contribution in [0.4, 0.5) is 5.69 Å². The van der Waals surface area contributed by atoms with Gasteiger partial charge in [-0.3, -0.25) is 4.98 Å². The van der Waals surface area contributed by atoms with Gasteiger partial charge in [-0.2, -0.15) is 0 Å². The number of halogens is 1. The molecule has 0 unspecified atom stereocenters. The molecule has 1 N–H and O–H groups in total. The first-order valence-electron chi connectivity index (χ1n) is 6.20. The van der Waals surface area contributed by atoms with Crippen LogP contribution in [-0.4, -0.2) is 18.6 Å². The van der Waals surface area contributed by atoms with Gasteiger partial charge in [0.25, 0.3) is 0 Å². The van der Waals surface area contributed by atoms with Gasteiger partial charge in [-0.25, -0.2) is 0 Å². The molecule has 3 nitrogen and oxygen atoms in total. The Morgan fingerprint density at radius 1 is 1.26 bits per heavy atom. The zero-order valence-corrected chi connectivity index (χ0v) is 12.5. The summed E-state index contributed by atoms with van der Waals surface area (Å²) in [6.45, 7) is 1.47. The monoisotopic (exact) mass is 320 g/mol. The molecule has 0 atom stereocenters. The molecule has 4 heteroatoms. The minimum Gasteiger partial charge on any atom is -0.384 e. The molecular weight excluding hydrogens is 304 g/mol. The summed E-state index contributed by atoms with van der Waals surface area (Å²) in [5, 5.41) is 3.45. The maximum Gasteiger partial charge on any atom is 0.0744 e. The topological polar surface area (TPSA) is 34.1 Å². The quantitative estimate of drug-likeness (QED) is 0.882. The van der Waals surface area contributed by atoms with Crippen LogP contribution in [0.2, 0.25) is 0 Å². The second kappa shape index (κ2) is 7.26. The van der Waals surface area contributed by atoms with E-state index >= 15 is 0 Å². The van der Waals surface area contributed by atoms with Crippen LogP contribution in [0.25, 0.3) is 0 Å². The maximum atomic E-state index is 5.23. The summed E-state index contributed by atoms with van der Waals surface area (Å²) < 4.78 is 6.30. The predicted octanol–water partition coefficient (Wildman–Crippen LogP) is 3.65. The third kappa shape index (κ3) is 4.04. The van der Waals surface area contributed by atoms with Crippen molar-refractivity contribution in [2.45, 2.75) is 13.0 Å². The molecule has 100 valence electrons. The van der Waals surface area contributed by atoms with E-state index in [1.165, 1.54) is 5.56 Å². The van der Waals surface area contributed by atoms with E-state index in [1.807, 2.05) is 24.4 Å². The van der Waals surface area contributed by atoms with Gasteiger partial charge >= 0.3 is 0 Å². The molecule has 0 saturated heterocycles. The van der Waals surface area contributed by atoms with Gasteiger partial charge in [0.05, 0.1) is 6.61 Å². The van der Waals surface area contributed by atoms with Crippen LogP contribution >= 0.6 is 15.9 Å². The smallest absolute Gasteiger partial charge is 0.0744 e. The number of benzene rings is 1. The molecule has 0 saturated carbocycles. The van der Waals surface area contributed by atoms with Gasteiger partial charge in [0.15, 0.2) is 0 Å². The Balaban J connectivity index is 1.97. The van der Waals surface area contributed by atoms with Crippen LogP contribution in [0.3, 0.4) is 0 Å². The van der Waals surface area contributed by atoms with E-state index in [9.17, 15) is 0 Å². The molecule has 0 aliphatic carbocycles. The highest BCUT2D eigenvalue weighted by atomic mass is 79.9. The molecule has 19 heavy (non-hydrogen) atoms. The highest BCUT2D eigenvalue weighted by Gasteiger charge is 2.05. The van der Waals surface area contributed by atoms with Gasteiger partial charge in [-0.15, -0.1) is 0 Å². The Hall–Kier alpha value is -1.39. The summed E-state index contributed by atoms with van der Waals surface area (Å²) >= 11 is 3.55. The molecule has 0 aliphatic heterocycles. The molecule has 0 bridgehead atoms. The Bertz CT molecular complexity index is 517. The second-order valence-corrected chi connectivity index (χ2v) is 5.09. The number of hydrogen-bond acceptors (Lipinski definition) is 3. The van der Waals surface area contributed by atoms with E-state index in [1.54, 1.807) is 13.3 Å². The number of nitrogens with one attached hydrogen (secondary N) is 1. The fourth-order valence-electron chi connectivity index (χ4n) is 1.90. The first kappa shape index (κ1) is 14.0. The highest BCUT2D eigenvalue weighted by Crippen LogP contribution is 2.25. The van der Waals surface area contributed by atoms with Gasteiger partial charge < -0.3 is 10.1 Å². The third-order valence-electron chi connectivity index (χ3n) is 2.86. The molecule has 1 aromatic heterocycles. The van der Waals surface area contributed by atoms with Crippen molar-refractivity contribution in [1.29, 1.82) is 0 Å². The van der Waals surface area contributed by atoms with E-state index < -0.39 is 0 Å². The molecule has 1 heterocycles. The SMILES string of the molecule is COCc1c(Br)cccc1NCCc1cccnc1. The van der Waals surface area contributed by atoms with Crippen molar-refractivity contribution in [3.05, 3.63) is 58.3 Å². The van der Waals surface area contributed by atoms with Crippen molar-refractivity contribution in [2.24, 2.45) is 0 Å². The van der Waals surface area contributed by atoms with Crippen molar-refractivity contribution in [1.82, 2.24) is 4.98 Å². The number of ether oxygens (including phenoxy) is 1. The molecule has 1 aromatic carbocycles. The van der Waals surface area contributed by atoms with Crippen molar-refractivity contribution in [3.8, 4) is 0 Å². The lowest BCUT2D eigenvalue weighted by Gasteiger charge is -2.13. The number of nitrogens with zero attached hydrogens (tertiary/aromatic N) is 1. The number of aromatic nitrogens is 1. The molecule has 0 spiro atoms. The van der Waals surface area contributed by atoms with Crippen molar-refractivity contribution in [2.75, 3.05) is 19.0 Å². The molecule has 0 amide bonds. The number of hydrogen-bond donors (Lipinski definition) is 1. The Morgan fingerprint density at radius 3 is 2.89 bits per heavy atom. The summed E-state index contributed by atoms with van der Waals surface area (Å²) in [6.07, 6.45) is 4.65. The maximum absolute atomic E-state index is 5.23. The summed E-state index contributed by atoms with van der Waals surface area (Å²) in [7, 11) is 1.71. The lowest BCUT2D eigenvalue weighted by Crippen LogP contribution is -2.07. The number of methoxy groups -OCH3 is 1. The molecule has 2 rings (SSSR count). The van der Waals surface area contributed by atoms with E-state index in [4.69, 9.17) is 4.74 Å². The average molecular weight is 321 g/mol. The molecule has 0 aliphatic rings. The summed E-state index contributed by atoms with van der Waals surface area (Å²) in [5.74, 6) is 0. The zero-order chi connectivity index (χ0) is 13.5. The molecular formula is C15H17BrN2O.